The van der Waals surface area contributed by atoms with Crippen molar-refractivity contribution in [3.8, 4) is 62.9 Å². The lowest BCUT2D eigenvalue weighted by Crippen LogP contribution is -2.19. The standard InChI is InChI=1S/C41H27N3O.C38H21N3O2.C38H21N3OS/c1-41(2)32-16-8-5-15-29(32)38-37(41)40(43-39(42-38)26-19-20-36-31(22-26)28-14-7-10-18-35(28)45-36)44-33-17-9-6-13-27(33)30-21-24-11-3-4-12-25(24)23-34(30)44;1-2-10-23-20-31-29(19-22(23)9-1)25-11-3-6-14-30(25)41(31)37-35-28-13-5-8-16-33(28)43-38(35)40-36(39-37)24-17-18-27-26-12-4-7-15-32(26)42-34(27)21-24;1-2-10-23-20-31-29(19-22(23)9-1)25-11-3-6-14-30(25)41(31)37-35-28-13-5-8-16-34(28)43-38(35)40-36(39-37)24-17-18-27-26-12-4-7-15-32(26)42-33(27)21-24/h3-23H,1-2H3;2*1-21H. The summed E-state index contributed by atoms with van der Waals surface area (Å²) in [5.74, 6) is 4.57. The van der Waals surface area contributed by atoms with Crippen molar-refractivity contribution in [2.45, 2.75) is 19.3 Å². The second-order valence-corrected chi connectivity index (χ2v) is 35.7. The van der Waals surface area contributed by atoms with Crippen LogP contribution in [0.1, 0.15) is 25.0 Å². The van der Waals surface area contributed by atoms with Gasteiger partial charge in [-0.25, -0.2) is 24.9 Å². The van der Waals surface area contributed by atoms with E-state index in [0.717, 1.165) is 171 Å². The third kappa shape index (κ3) is 11.1. The fourth-order valence-corrected chi connectivity index (χ4v) is 22.0. The second-order valence-electron chi connectivity index (χ2n) is 34.7. The van der Waals surface area contributed by atoms with E-state index in [-0.39, 0.29) is 5.41 Å². The van der Waals surface area contributed by atoms with Gasteiger partial charge in [0, 0.05) is 113 Å². The SMILES string of the molecule is CC1(C)c2ccccc2-c2nc(-c3ccc4oc5ccccc5c4c3)nc(-n3c4ccccc4c4cc5ccccc5cc43)c21.c1ccc2cc3c(cc2c1)c1ccccc1n3-c1nc(-c2ccc3c(c2)oc2ccccc23)nc2oc3ccccc3c12.c1ccc2cc3c(cc2c1)c1ccccc1n3-c1nc(-c2ccc3c(c2)oc2ccccc23)nc2sc3ccccc3c12. The molecule has 29 aromatic rings. The van der Waals surface area contributed by atoms with Gasteiger partial charge in [-0.3, -0.25) is 13.7 Å². The maximum Gasteiger partial charge on any atom is 0.233 e. The predicted octanol–water partition coefficient (Wildman–Crippen LogP) is 31.5. The summed E-state index contributed by atoms with van der Waals surface area (Å²) in [6.07, 6.45) is 0. The van der Waals surface area contributed by atoms with E-state index in [2.05, 4.69) is 331 Å². The second kappa shape index (κ2) is 27.9. The molecule has 0 bridgehead atoms. The molecule has 0 unspecified atom stereocenters. The zero-order valence-corrected chi connectivity index (χ0v) is 71.3. The topological polar surface area (TPSA) is 145 Å². The number of furan rings is 4. The summed E-state index contributed by atoms with van der Waals surface area (Å²) in [6.45, 7) is 4.61. The molecule has 131 heavy (non-hydrogen) atoms. The quantitative estimate of drug-likeness (QED) is 0.158. The van der Waals surface area contributed by atoms with Crippen LogP contribution in [-0.2, 0) is 5.41 Å². The number of para-hydroxylation sites is 7. The van der Waals surface area contributed by atoms with Crippen molar-refractivity contribution in [3.05, 3.63) is 393 Å². The Labute approximate surface area is 748 Å². The molecule has 0 saturated heterocycles. The van der Waals surface area contributed by atoms with Crippen LogP contribution in [0.5, 0.6) is 0 Å². The van der Waals surface area contributed by atoms with E-state index in [1.807, 2.05) is 78.9 Å². The van der Waals surface area contributed by atoms with Crippen LogP contribution in [0.3, 0.4) is 0 Å². The molecule has 18 aromatic carbocycles. The van der Waals surface area contributed by atoms with E-state index >= 15 is 0 Å². The van der Waals surface area contributed by atoms with Gasteiger partial charge in [0.25, 0.3) is 0 Å². The molecule has 14 heteroatoms. The lowest BCUT2D eigenvalue weighted by Gasteiger charge is -2.24. The molecule has 11 heterocycles. The Morgan fingerprint density at radius 2 is 0.611 bits per heavy atom. The Balaban J connectivity index is 0.0000000986. The zero-order valence-electron chi connectivity index (χ0n) is 70.4. The summed E-state index contributed by atoms with van der Waals surface area (Å²) < 4.78 is 33.2. The van der Waals surface area contributed by atoms with Gasteiger partial charge in [-0.15, -0.1) is 11.3 Å². The van der Waals surface area contributed by atoms with Crippen molar-refractivity contribution >= 4 is 217 Å². The van der Waals surface area contributed by atoms with Gasteiger partial charge in [0.15, 0.2) is 29.1 Å². The summed E-state index contributed by atoms with van der Waals surface area (Å²) in [5, 5.41) is 25.1. The van der Waals surface area contributed by atoms with Gasteiger partial charge in [0.1, 0.15) is 49.7 Å². The van der Waals surface area contributed by atoms with Crippen LogP contribution >= 0.6 is 11.3 Å². The monoisotopic (exact) mass is 1700 g/mol. The minimum absolute atomic E-state index is 0.293. The van der Waals surface area contributed by atoms with Crippen molar-refractivity contribution in [2.75, 3.05) is 0 Å². The van der Waals surface area contributed by atoms with E-state index in [0.29, 0.717) is 23.2 Å². The number of benzene rings is 18. The fourth-order valence-electron chi connectivity index (χ4n) is 20.9. The van der Waals surface area contributed by atoms with Gasteiger partial charge in [0.05, 0.1) is 49.6 Å². The first-order valence-corrected chi connectivity index (χ1v) is 44.9. The van der Waals surface area contributed by atoms with Crippen molar-refractivity contribution in [1.29, 1.82) is 0 Å². The normalized spacial score (nSPS) is 12.7. The number of hydrogen-bond donors (Lipinski definition) is 0. The number of thiophene rings is 1. The van der Waals surface area contributed by atoms with Crippen LogP contribution < -0.4 is 0 Å². The van der Waals surface area contributed by atoms with E-state index in [9.17, 15) is 0 Å². The van der Waals surface area contributed by atoms with Crippen molar-refractivity contribution < 1.29 is 17.7 Å². The highest BCUT2D eigenvalue weighted by molar-refractivity contribution is 7.25. The molecule has 1 aliphatic carbocycles. The third-order valence-corrected chi connectivity index (χ3v) is 28.0. The molecular formula is C117H69N9O4S. The number of rotatable bonds is 6. The molecule has 30 rings (SSSR count). The number of hydrogen-bond acceptors (Lipinski definition) is 11. The summed E-state index contributed by atoms with van der Waals surface area (Å²) >= 11 is 1.71. The van der Waals surface area contributed by atoms with Crippen molar-refractivity contribution in [2.24, 2.45) is 0 Å². The zero-order chi connectivity index (χ0) is 86.0. The maximum atomic E-state index is 6.40. The minimum atomic E-state index is -0.293. The summed E-state index contributed by atoms with van der Waals surface area (Å²) in [7, 11) is 0. The number of nitrogens with zero attached hydrogens (tertiary/aromatic N) is 9. The molecule has 11 aromatic heterocycles. The first-order valence-electron chi connectivity index (χ1n) is 44.1. The van der Waals surface area contributed by atoms with Gasteiger partial charge in [-0.1, -0.05) is 269 Å². The summed E-state index contributed by atoms with van der Waals surface area (Å²) in [4.78, 5) is 32.7. The van der Waals surface area contributed by atoms with E-state index in [1.165, 1.54) is 85.8 Å². The Morgan fingerprint density at radius 1 is 0.244 bits per heavy atom. The molecule has 13 nitrogen and oxygen atoms in total. The lowest BCUT2D eigenvalue weighted by atomic mass is 9.82. The fraction of sp³-hybridized carbons (Fsp3) is 0.0256. The van der Waals surface area contributed by atoms with Crippen molar-refractivity contribution in [3.63, 3.8) is 0 Å². The minimum Gasteiger partial charge on any atom is -0.456 e. The average Bonchev–Trinajstić information content (AvgIpc) is 1.56. The van der Waals surface area contributed by atoms with Crippen LogP contribution in [0.15, 0.2) is 400 Å². The van der Waals surface area contributed by atoms with Gasteiger partial charge >= 0.3 is 0 Å². The maximum absolute atomic E-state index is 6.40. The molecular weight excluding hydrogens is 1630 g/mol. The highest BCUT2D eigenvalue weighted by atomic mass is 32.1. The first kappa shape index (κ1) is 73.0. The van der Waals surface area contributed by atoms with Crippen LogP contribution in [-0.4, -0.2) is 43.6 Å². The molecule has 0 atom stereocenters. The summed E-state index contributed by atoms with van der Waals surface area (Å²) in [6, 6.07) is 134. The van der Waals surface area contributed by atoms with Gasteiger partial charge < -0.3 is 17.7 Å². The molecule has 0 amide bonds. The van der Waals surface area contributed by atoms with E-state index in [1.54, 1.807) is 11.3 Å². The molecule has 0 N–H and O–H groups in total. The average molecular weight is 1700 g/mol. The summed E-state index contributed by atoms with van der Waals surface area (Å²) in [5.41, 5.74) is 20.2. The Bertz CT molecular complexity index is 9610. The molecule has 0 aliphatic heterocycles. The number of aromatic nitrogens is 9. The Kier molecular flexibility index (Phi) is 15.6. The van der Waals surface area contributed by atoms with Gasteiger partial charge in [-0.05, 0) is 165 Å². The molecule has 0 fully saturated rings. The molecule has 1 aliphatic rings. The molecule has 612 valence electrons. The van der Waals surface area contributed by atoms with Crippen LogP contribution in [0.4, 0.5) is 0 Å². The first-order chi connectivity index (χ1) is 64.7. The van der Waals surface area contributed by atoms with E-state index in [4.69, 9.17) is 47.6 Å². The van der Waals surface area contributed by atoms with Gasteiger partial charge in [-0.2, -0.15) is 4.98 Å². The van der Waals surface area contributed by atoms with Crippen LogP contribution in [0, 0.1) is 0 Å². The molecule has 0 saturated carbocycles. The third-order valence-electron chi connectivity index (χ3n) is 27.0. The van der Waals surface area contributed by atoms with Gasteiger partial charge in [0.2, 0.25) is 5.71 Å². The van der Waals surface area contributed by atoms with Crippen LogP contribution in [0.25, 0.3) is 269 Å². The smallest absolute Gasteiger partial charge is 0.233 e. The highest BCUT2D eigenvalue weighted by Gasteiger charge is 2.41. The van der Waals surface area contributed by atoms with Crippen molar-refractivity contribution in [1.82, 2.24) is 43.6 Å². The Morgan fingerprint density at radius 3 is 1.15 bits per heavy atom. The molecule has 0 spiro atoms. The predicted molar refractivity (Wildman–Crippen MR) is 538 cm³/mol. The van der Waals surface area contributed by atoms with E-state index < -0.39 is 0 Å². The molecule has 0 radical (unpaired) electrons. The Hall–Kier alpha value is -17.2. The lowest BCUT2D eigenvalue weighted by molar-refractivity contribution is 0.650. The number of fused-ring (bicyclic) bond motifs is 30. The van der Waals surface area contributed by atoms with Crippen LogP contribution in [0.2, 0.25) is 0 Å². The highest BCUT2D eigenvalue weighted by Crippen LogP contribution is 2.53. The largest absolute Gasteiger partial charge is 0.456 e.